The van der Waals surface area contributed by atoms with E-state index in [4.69, 9.17) is 0 Å². The first kappa shape index (κ1) is 11.9. The second kappa shape index (κ2) is 4.38. The summed E-state index contributed by atoms with van der Waals surface area (Å²) in [7, 11) is 0. The third-order valence-electron chi connectivity index (χ3n) is 3.75. The van der Waals surface area contributed by atoms with Crippen LogP contribution in [0.25, 0.3) is 0 Å². The molecule has 2 nitrogen and oxygen atoms in total. The summed E-state index contributed by atoms with van der Waals surface area (Å²) in [6.07, 6.45) is 1.07. The Hall–Kier alpha value is -0.540. The van der Waals surface area contributed by atoms with Gasteiger partial charge in [0.05, 0.1) is 0 Å². The standard InChI is InChI=1S/C13H18BrNO/c1-13(2)10(9-16)7-8-15(13)12-5-3-11(14)4-6-12/h3-6,10,16H,7-9H2,1-2H3. The summed E-state index contributed by atoms with van der Waals surface area (Å²) in [5.41, 5.74) is 1.28. The van der Waals surface area contributed by atoms with Gasteiger partial charge >= 0.3 is 0 Å². The molecule has 1 aromatic rings. The quantitative estimate of drug-likeness (QED) is 0.902. The maximum absolute atomic E-state index is 9.38. The number of aliphatic hydroxyl groups is 1. The number of halogens is 1. The van der Waals surface area contributed by atoms with E-state index in [1.165, 1.54) is 5.69 Å². The normalized spacial score (nSPS) is 23.8. The van der Waals surface area contributed by atoms with Crippen molar-refractivity contribution in [3.05, 3.63) is 28.7 Å². The Kier molecular flexibility index (Phi) is 3.27. The van der Waals surface area contributed by atoms with Crippen LogP contribution in [0.15, 0.2) is 28.7 Å². The number of aliphatic hydroxyl groups excluding tert-OH is 1. The first-order valence-corrected chi connectivity index (χ1v) is 6.49. The Balaban J connectivity index is 2.26. The number of nitrogens with zero attached hydrogens (tertiary/aromatic N) is 1. The van der Waals surface area contributed by atoms with Crippen molar-refractivity contribution in [3.8, 4) is 0 Å². The summed E-state index contributed by atoms with van der Waals surface area (Å²) in [6, 6.07) is 8.40. The van der Waals surface area contributed by atoms with E-state index in [9.17, 15) is 5.11 Å². The van der Waals surface area contributed by atoms with Gasteiger partial charge in [0, 0.05) is 34.8 Å². The molecule has 16 heavy (non-hydrogen) atoms. The molecular formula is C13H18BrNO. The van der Waals surface area contributed by atoms with Gasteiger partial charge in [-0.05, 0) is 44.5 Å². The summed E-state index contributed by atoms with van der Waals surface area (Å²) in [6.45, 7) is 5.73. The third kappa shape index (κ3) is 1.98. The lowest BCUT2D eigenvalue weighted by atomic mass is 9.89. The van der Waals surface area contributed by atoms with Gasteiger partial charge in [-0.3, -0.25) is 0 Å². The number of hydrogen-bond donors (Lipinski definition) is 1. The number of anilines is 1. The van der Waals surface area contributed by atoms with Crippen LogP contribution >= 0.6 is 15.9 Å². The molecule has 88 valence electrons. The molecule has 0 amide bonds. The van der Waals surface area contributed by atoms with Crippen LogP contribution in [0, 0.1) is 5.92 Å². The lowest BCUT2D eigenvalue weighted by Gasteiger charge is -2.37. The Morgan fingerprint density at radius 3 is 2.50 bits per heavy atom. The van der Waals surface area contributed by atoms with Crippen LogP contribution in [-0.4, -0.2) is 23.8 Å². The minimum Gasteiger partial charge on any atom is -0.396 e. The first-order chi connectivity index (χ1) is 7.55. The second-order valence-electron chi connectivity index (χ2n) is 4.95. The predicted molar refractivity (Wildman–Crippen MR) is 70.8 cm³/mol. The zero-order valence-electron chi connectivity index (χ0n) is 9.78. The van der Waals surface area contributed by atoms with Crippen molar-refractivity contribution in [3.63, 3.8) is 0 Å². The molecule has 0 spiro atoms. The zero-order chi connectivity index (χ0) is 11.8. The van der Waals surface area contributed by atoms with Gasteiger partial charge < -0.3 is 10.0 Å². The molecule has 1 unspecified atom stereocenters. The fourth-order valence-corrected chi connectivity index (χ4v) is 2.81. The molecule has 1 aliphatic rings. The van der Waals surface area contributed by atoms with E-state index in [2.05, 4.69) is 58.9 Å². The largest absolute Gasteiger partial charge is 0.396 e. The van der Waals surface area contributed by atoms with Gasteiger partial charge in [-0.2, -0.15) is 0 Å². The summed E-state index contributed by atoms with van der Waals surface area (Å²) in [4.78, 5) is 2.39. The van der Waals surface area contributed by atoms with E-state index >= 15 is 0 Å². The molecule has 1 heterocycles. The molecular weight excluding hydrogens is 266 g/mol. The van der Waals surface area contributed by atoms with Crippen LogP contribution in [0.1, 0.15) is 20.3 Å². The monoisotopic (exact) mass is 283 g/mol. The highest BCUT2D eigenvalue weighted by Crippen LogP contribution is 2.38. The van der Waals surface area contributed by atoms with Crippen molar-refractivity contribution >= 4 is 21.6 Å². The minimum absolute atomic E-state index is 0.0442. The Morgan fingerprint density at radius 1 is 1.38 bits per heavy atom. The minimum atomic E-state index is 0.0442. The second-order valence-corrected chi connectivity index (χ2v) is 5.87. The van der Waals surface area contributed by atoms with Gasteiger partial charge in [0.25, 0.3) is 0 Å². The molecule has 0 aromatic heterocycles. The van der Waals surface area contributed by atoms with Crippen molar-refractivity contribution in [1.82, 2.24) is 0 Å². The van der Waals surface area contributed by atoms with E-state index in [1.807, 2.05) is 0 Å². The highest BCUT2D eigenvalue weighted by Gasteiger charge is 2.40. The Bertz CT molecular complexity index is 361. The topological polar surface area (TPSA) is 23.5 Å². The van der Waals surface area contributed by atoms with Gasteiger partial charge in [0.2, 0.25) is 0 Å². The number of benzene rings is 1. The number of rotatable bonds is 2. The van der Waals surface area contributed by atoms with Crippen LogP contribution in [0.2, 0.25) is 0 Å². The molecule has 1 saturated heterocycles. The molecule has 1 fully saturated rings. The summed E-state index contributed by atoms with van der Waals surface area (Å²) in [5, 5.41) is 9.38. The van der Waals surface area contributed by atoms with Crippen LogP contribution < -0.4 is 4.90 Å². The van der Waals surface area contributed by atoms with Crippen molar-refractivity contribution < 1.29 is 5.11 Å². The third-order valence-corrected chi connectivity index (χ3v) is 4.28. The van der Waals surface area contributed by atoms with Gasteiger partial charge in [-0.25, -0.2) is 0 Å². The molecule has 1 atom stereocenters. The van der Waals surface area contributed by atoms with E-state index in [0.717, 1.165) is 17.4 Å². The van der Waals surface area contributed by atoms with E-state index in [0.29, 0.717) is 5.92 Å². The van der Waals surface area contributed by atoms with E-state index in [1.54, 1.807) is 0 Å². The molecule has 0 aliphatic carbocycles. The lowest BCUT2D eigenvalue weighted by molar-refractivity contribution is 0.189. The summed E-state index contributed by atoms with van der Waals surface area (Å²) >= 11 is 3.45. The smallest absolute Gasteiger partial charge is 0.0482 e. The molecule has 1 aromatic carbocycles. The fraction of sp³-hybridized carbons (Fsp3) is 0.538. The van der Waals surface area contributed by atoms with Crippen molar-refractivity contribution in [2.45, 2.75) is 25.8 Å². The molecule has 2 rings (SSSR count). The maximum Gasteiger partial charge on any atom is 0.0482 e. The zero-order valence-corrected chi connectivity index (χ0v) is 11.4. The molecule has 3 heteroatoms. The molecule has 1 N–H and O–H groups in total. The average Bonchev–Trinajstić information content (AvgIpc) is 2.54. The SMILES string of the molecule is CC1(C)C(CO)CCN1c1ccc(Br)cc1. The van der Waals surface area contributed by atoms with Crippen LogP contribution in [-0.2, 0) is 0 Å². The highest BCUT2D eigenvalue weighted by molar-refractivity contribution is 9.10. The molecule has 0 saturated carbocycles. The Morgan fingerprint density at radius 2 is 2.00 bits per heavy atom. The van der Waals surface area contributed by atoms with Crippen LogP contribution in [0.3, 0.4) is 0 Å². The number of hydrogen-bond acceptors (Lipinski definition) is 2. The van der Waals surface area contributed by atoms with Crippen LogP contribution in [0.5, 0.6) is 0 Å². The van der Waals surface area contributed by atoms with Gasteiger partial charge in [0.1, 0.15) is 0 Å². The fourth-order valence-electron chi connectivity index (χ4n) is 2.54. The van der Waals surface area contributed by atoms with E-state index in [-0.39, 0.29) is 12.1 Å². The van der Waals surface area contributed by atoms with Gasteiger partial charge in [-0.15, -0.1) is 0 Å². The summed E-state index contributed by atoms with van der Waals surface area (Å²) < 4.78 is 1.10. The van der Waals surface area contributed by atoms with Gasteiger partial charge in [-0.1, -0.05) is 15.9 Å². The maximum atomic E-state index is 9.38. The molecule has 0 radical (unpaired) electrons. The van der Waals surface area contributed by atoms with Crippen molar-refractivity contribution in [2.75, 3.05) is 18.1 Å². The van der Waals surface area contributed by atoms with E-state index < -0.39 is 0 Å². The molecule has 0 bridgehead atoms. The van der Waals surface area contributed by atoms with Crippen molar-refractivity contribution in [2.24, 2.45) is 5.92 Å². The Labute approximate surface area is 105 Å². The molecule has 1 aliphatic heterocycles. The first-order valence-electron chi connectivity index (χ1n) is 5.70. The predicted octanol–water partition coefficient (Wildman–Crippen LogP) is 3.05. The van der Waals surface area contributed by atoms with Crippen LogP contribution in [0.4, 0.5) is 5.69 Å². The van der Waals surface area contributed by atoms with Crippen molar-refractivity contribution in [1.29, 1.82) is 0 Å². The summed E-state index contributed by atoms with van der Waals surface area (Å²) in [5.74, 6) is 0.371. The highest BCUT2D eigenvalue weighted by atomic mass is 79.9. The average molecular weight is 284 g/mol. The lowest BCUT2D eigenvalue weighted by Crippen LogP contribution is -2.43. The van der Waals surface area contributed by atoms with Gasteiger partial charge in [0.15, 0.2) is 0 Å².